The number of methoxy groups -OCH3 is 1. The second-order valence-corrected chi connectivity index (χ2v) is 8.74. The third-order valence-corrected chi connectivity index (χ3v) is 6.14. The average Bonchev–Trinajstić information content (AvgIpc) is 2.79. The number of carbonyl (C=O) groups is 1. The van der Waals surface area contributed by atoms with Crippen LogP contribution in [0.4, 0.5) is 11.4 Å². The zero-order valence-corrected chi connectivity index (χ0v) is 19.5. The number of nitrogens with zero attached hydrogens (tertiary/aromatic N) is 2. The Morgan fingerprint density at radius 2 is 1.74 bits per heavy atom. The second-order valence-electron chi connectivity index (χ2n) is 7.83. The van der Waals surface area contributed by atoms with Gasteiger partial charge < -0.3 is 15.0 Å². The van der Waals surface area contributed by atoms with Gasteiger partial charge in [-0.15, -0.1) is 0 Å². The van der Waals surface area contributed by atoms with E-state index in [2.05, 4.69) is 79.6 Å². The number of halogens is 1. The Kier molecular flexibility index (Phi) is 6.30. The van der Waals surface area contributed by atoms with E-state index in [9.17, 15) is 4.79 Å². The van der Waals surface area contributed by atoms with Crippen LogP contribution in [0.25, 0.3) is 0 Å². The number of hydrogen-bond donors (Lipinski definition) is 1. The lowest BCUT2D eigenvalue weighted by molar-refractivity contribution is -0.143. The molecule has 0 spiro atoms. The summed E-state index contributed by atoms with van der Waals surface area (Å²) in [5.74, 6) is -0.268. The van der Waals surface area contributed by atoms with Gasteiger partial charge in [0.1, 0.15) is 6.17 Å². The number of hydrogen-bond acceptors (Lipinski definition) is 5. The first-order valence-corrected chi connectivity index (χ1v) is 11.0. The summed E-state index contributed by atoms with van der Waals surface area (Å²) in [6.45, 7) is 0.162. The monoisotopic (exact) mass is 479 g/mol. The molecule has 6 heteroatoms. The summed E-state index contributed by atoms with van der Waals surface area (Å²) in [4.78, 5) is 16.7. The largest absolute Gasteiger partial charge is 0.468 e. The predicted octanol–water partition coefficient (Wildman–Crippen LogP) is 5.20. The highest BCUT2D eigenvalue weighted by molar-refractivity contribution is 9.10. The fraction of sp³-hybridized carbons (Fsp3) is 0.240. The summed E-state index contributed by atoms with van der Waals surface area (Å²) in [6, 6.07) is 24.9. The van der Waals surface area contributed by atoms with Crippen molar-refractivity contribution < 1.29 is 9.53 Å². The van der Waals surface area contributed by atoms with Crippen LogP contribution in [0.15, 0.2) is 77.3 Å². The average molecular weight is 480 g/mol. The van der Waals surface area contributed by atoms with Crippen molar-refractivity contribution in [2.75, 3.05) is 38.0 Å². The molecule has 3 aromatic rings. The van der Waals surface area contributed by atoms with Crippen molar-refractivity contribution in [2.24, 2.45) is 0 Å². The molecule has 0 aliphatic carbocycles. The summed E-state index contributed by atoms with van der Waals surface area (Å²) in [6.07, 6.45) is -0.186. The van der Waals surface area contributed by atoms with Crippen LogP contribution in [0.3, 0.4) is 0 Å². The number of esters is 1. The molecule has 0 saturated heterocycles. The third-order valence-electron chi connectivity index (χ3n) is 5.64. The Bertz CT molecular complexity index is 1050. The zero-order chi connectivity index (χ0) is 22.0. The molecule has 0 bridgehead atoms. The third kappa shape index (κ3) is 4.45. The summed E-state index contributed by atoms with van der Waals surface area (Å²) < 4.78 is 6.06. The number of ether oxygens (including phenoxy) is 1. The highest BCUT2D eigenvalue weighted by Crippen LogP contribution is 2.44. The van der Waals surface area contributed by atoms with Gasteiger partial charge in [0.15, 0.2) is 0 Å². The number of nitrogens with one attached hydrogen (secondary N) is 1. The van der Waals surface area contributed by atoms with Gasteiger partial charge in [0.05, 0.1) is 19.7 Å². The van der Waals surface area contributed by atoms with Crippen LogP contribution in [0.5, 0.6) is 0 Å². The molecule has 5 nitrogen and oxygen atoms in total. The maximum Gasteiger partial charge on any atom is 0.319 e. The molecule has 2 atom stereocenters. The number of rotatable bonds is 5. The Balaban J connectivity index is 1.85. The molecule has 0 aromatic heterocycles. The summed E-state index contributed by atoms with van der Waals surface area (Å²) >= 11 is 3.61. The lowest BCUT2D eigenvalue weighted by Crippen LogP contribution is -2.44. The molecule has 1 heterocycles. The Hall–Kier alpha value is -2.83. The predicted molar refractivity (Wildman–Crippen MR) is 128 cm³/mol. The first-order valence-electron chi connectivity index (χ1n) is 10.2. The Morgan fingerprint density at radius 1 is 1.03 bits per heavy atom. The zero-order valence-electron chi connectivity index (χ0n) is 17.9. The minimum Gasteiger partial charge on any atom is -0.468 e. The van der Waals surface area contributed by atoms with Crippen molar-refractivity contribution in [3.8, 4) is 0 Å². The molecule has 0 saturated carbocycles. The summed E-state index contributed by atoms with van der Waals surface area (Å²) in [5, 5.41) is 3.65. The first-order chi connectivity index (χ1) is 15.0. The molecule has 0 amide bonds. The van der Waals surface area contributed by atoms with Crippen molar-refractivity contribution >= 4 is 33.3 Å². The lowest BCUT2D eigenvalue weighted by atomic mass is 9.91. The van der Waals surface area contributed by atoms with Crippen LogP contribution < -0.4 is 10.2 Å². The summed E-state index contributed by atoms with van der Waals surface area (Å²) in [7, 11) is 5.48. The van der Waals surface area contributed by atoms with Crippen molar-refractivity contribution in [3.63, 3.8) is 0 Å². The smallest absolute Gasteiger partial charge is 0.319 e. The topological polar surface area (TPSA) is 44.8 Å². The fourth-order valence-electron chi connectivity index (χ4n) is 4.08. The van der Waals surface area contributed by atoms with Gasteiger partial charge in [-0.3, -0.25) is 9.69 Å². The fourth-order valence-corrected chi connectivity index (χ4v) is 4.46. The van der Waals surface area contributed by atoms with Crippen molar-refractivity contribution in [1.29, 1.82) is 0 Å². The van der Waals surface area contributed by atoms with Crippen LogP contribution in [0, 0.1) is 0 Å². The van der Waals surface area contributed by atoms with Crippen molar-refractivity contribution in [1.82, 2.24) is 4.90 Å². The van der Waals surface area contributed by atoms with Crippen LogP contribution in [0.2, 0.25) is 0 Å². The van der Waals surface area contributed by atoms with E-state index in [1.54, 1.807) is 0 Å². The van der Waals surface area contributed by atoms with Gasteiger partial charge >= 0.3 is 5.97 Å². The second kappa shape index (κ2) is 9.12. The van der Waals surface area contributed by atoms with E-state index in [-0.39, 0.29) is 24.7 Å². The molecule has 0 unspecified atom stereocenters. The van der Waals surface area contributed by atoms with Gasteiger partial charge in [-0.05, 0) is 47.0 Å². The van der Waals surface area contributed by atoms with Crippen molar-refractivity contribution in [3.05, 3.63) is 94.0 Å². The standard InChI is InChI=1S/C25H26BrN3O2/c1-28(2)20-12-9-18(10-13-20)25-27-22-14-11-19(26)15-21(22)24(17-7-5-4-6-8-17)29(25)16-23(30)31-3/h4-15,24-25,27H,16H2,1-3H3/t24-,25+/m0/s1. The van der Waals surface area contributed by atoms with Gasteiger partial charge in [-0.1, -0.05) is 58.4 Å². The Labute approximate surface area is 191 Å². The highest BCUT2D eigenvalue weighted by Gasteiger charge is 2.37. The number of fused-ring (bicyclic) bond motifs is 1. The number of benzene rings is 3. The molecule has 1 aliphatic heterocycles. The molecule has 3 aromatic carbocycles. The molecular weight excluding hydrogens is 454 g/mol. The van der Waals surface area contributed by atoms with E-state index >= 15 is 0 Å². The van der Waals surface area contributed by atoms with E-state index in [0.717, 1.165) is 32.5 Å². The lowest BCUT2D eigenvalue weighted by Gasteiger charge is -2.44. The van der Waals surface area contributed by atoms with E-state index < -0.39 is 0 Å². The van der Waals surface area contributed by atoms with Crippen LogP contribution in [0.1, 0.15) is 28.9 Å². The highest BCUT2D eigenvalue weighted by atomic mass is 79.9. The minimum absolute atomic E-state index is 0.104. The minimum atomic E-state index is -0.268. The SMILES string of the molecule is COC(=O)CN1[C@@H](c2ccccc2)c2cc(Br)ccc2N[C@H]1c1ccc(N(C)C)cc1. The van der Waals surface area contributed by atoms with Gasteiger partial charge in [-0.25, -0.2) is 0 Å². The number of carbonyl (C=O) groups excluding carboxylic acids is 1. The molecule has 160 valence electrons. The van der Waals surface area contributed by atoms with Crippen molar-refractivity contribution in [2.45, 2.75) is 12.2 Å². The van der Waals surface area contributed by atoms with E-state index in [4.69, 9.17) is 4.74 Å². The molecule has 4 rings (SSSR count). The summed E-state index contributed by atoms with van der Waals surface area (Å²) in [5.41, 5.74) is 5.51. The van der Waals surface area contributed by atoms with Crippen LogP contribution >= 0.6 is 15.9 Å². The maximum atomic E-state index is 12.4. The van der Waals surface area contributed by atoms with Gasteiger partial charge in [0.25, 0.3) is 0 Å². The normalized spacial score (nSPS) is 18.1. The van der Waals surface area contributed by atoms with E-state index in [0.29, 0.717) is 0 Å². The molecule has 1 N–H and O–H groups in total. The van der Waals surface area contributed by atoms with Crippen LogP contribution in [-0.2, 0) is 9.53 Å². The van der Waals surface area contributed by atoms with E-state index in [1.807, 2.05) is 38.4 Å². The van der Waals surface area contributed by atoms with E-state index in [1.165, 1.54) is 7.11 Å². The quantitative estimate of drug-likeness (QED) is 0.509. The van der Waals surface area contributed by atoms with Crippen LogP contribution in [-0.4, -0.2) is 38.6 Å². The first kappa shape index (κ1) is 21.4. The van der Waals surface area contributed by atoms with Gasteiger partial charge in [-0.2, -0.15) is 0 Å². The van der Waals surface area contributed by atoms with Gasteiger partial charge in [0.2, 0.25) is 0 Å². The Morgan fingerprint density at radius 3 is 2.39 bits per heavy atom. The molecule has 1 aliphatic rings. The molecule has 31 heavy (non-hydrogen) atoms. The number of anilines is 2. The van der Waals surface area contributed by atoms with Gasteiger partial charge in [0, 0.05) is 29.9 Å². The molecular formula is C25H26BrN3O2. The molecule has 0 radical (unpaired) electrons. The maximum absolute atomic E-state index is 12.4. The molecule has 0 fully saturated rings.